The van der Waals surface area contributed by atoms with Gasteiger partial charge in [0, 0.05) is 65.7 Å². The highest BCUT2D eigenvalue weighted by molar-refractivity contribution is 6.14. The maximum atomic E-state index is 13.8. The first-order valence-corrected chi connectivity index (χ1v) is 14.5. The number of unbranched alkanes of at least 4 members (excludes halogenated alkanes) is 1. The Morgan fingerprint density at radius 3 is 1.77 bits per heavy atom. The Morgan fingerprint density at radius 1 is 0.718 bits per heavy atom. The second kappa shape index (κ2) is 11.1. The number of aromatic nitrogens is 1. The molecule has 39 heavy (non-hydrogen) atoms. The highest BCUT2D eigenvalue weighted by Crippen LogP contribution is 2.34. The van der Waals surface area contributed by atoms with Crippen molar-refractivity contribution in [3.63, 3.8) is 0 Å². The van der Waals surface area contributed by atoms with Crippen LogP contribution in [0.3, 0.4) is 0 Å². The van der Waals surface area contributed by atoms with E-state index in [4.69, 9.17) is 9.47 Å². The fourth-order valence-electron chi connectivity index (χ4n) is 6.18. The Bertz CT molecular complexity index is 1360. The summed E-state index contributed by atoms with van der Waals surface area (Å²) in [5, 5.41) is 2.15. The van der Waals surface area contributed by atoms with E-state index < -0.39 is 11.1 Å². The molecule has 3 aromatic rings. The summed E-state index contributed by atoms with van der Waals surface area (Å²) in [4.78, 5) is 32.0. The summed E-state index contributed by atoms with van der Waals surface area (Å²) in [5.74, 6) is 0.251. The van der Waals surface area contributed by atoms with Gasteiger partial charge >= 0.3 is 0 Å². The highest BCUT2D eigenvalue weighted by Gasteiger charge is 2.37. The minimum absolute atomic E-state index is 0.125. The lowest BCUT2D eigenvalue weighted by molar-refractivity contribution is -0.00442. The van der Waals surface area contributed by atoms with Crippen LogP contribution in [0.15, 0.2) is 36.4 Å². The van der Waals surface area contributed by atoms with Crippen molar-refractivity contribution in [2.45, 2.75) is 65.1 Å². The van der Waals surface area contributed by atoms with Crippen molar-refractivity contribution in [3.05, 3.63) is 47.5 Å². The molecule has 2 saturated heterocycles. The number of hydrogen-bond acceptors (Lipinski definition) is 6. The molecule has 0 aliphatic carbocycles. The third-order valence-corrected chi connectivity index (χ3v) is 8.84. The molecule has 210 valence electrons. The molecule has 0 bridgehead atoms. The molecule has 3 heterocycles. The number of morpholine rings is 2. The van der Waals surface area contributed by atoms with Crippen molar-refractivity contribution >= 4 is 33.4 Å². The van der Waals surface area contributed by atoms with Crippen molar-refractivity contribution < 1.29 is 19.1 Å². The Kier molecular flexibility index (Phi) is 7.98. The van der Waals surface area contributed by atoms with E-state index in [0.717, 1.165) is 78.5 Å². The second-order valence-electron chi connectivity index (χ2n) is 11.9. The van der Waals surface area contributed by atoms with E-state index in [1.807, 2.05) is 39.8 Å². The van der Waals surface area contributed by atoms with Crippen LogP contribution >= 0.6 is 0 Å². The summed E-state index contributed by atoms with van der Waals surface area (Å²) < 4.78 is 13.4. The predicted molar refractivity (Wildman–Crippen MR) is 156 cm³/mol. The summed E-state index contributed by atoms with van der Waals surface area (Å²) in [5.41, 5.74) is 2.40. The Labute approximate surface area is 232 Å². The summed E-state index contributed by atoms with van der Waals surface area (Å²) in [6, 6.07) is 12.2. The first kappa shape index (κ1) is 28.0. The van der Waals surface area contributed by atoms with E-state index in [2.05, 4.69) is 45.6 Å². The molecule has 7 nitrogen and oxygen atoms in total. The summed E-state index contributed by atoms with van der Waals surface area (Å²) >= 11 is 0. The minimum atomic E-state index is -0.609. The number of carbonyl (C=O) groups excluding carboxylic acids is 2. The molecule has 0 atom stereocenters. The number of benzene rings is 2. The molecule has 2 aliphatic rings. The molecule has 5 rings (SSSR count). The molecule has 0 amide bonds. The summed E-state index contributed by atoms with van der Waals surface area (Å²) in [7, 11) is 0. The number of rotatable bonds is 9. The van der Waals surface area contributed by atoms with Gasteiger partial charge in [0.05, 0.1) is 37.5 Å². The third kappa shape index (κ3) is 5.18. The van der Waals surface area contributed by atoms with E-state index in [0.29, 0.717) is 26.4 Å². The summed E-state index contributed by atoms with van der Waals surface area (Å²) in [6.45, 7) is 16.8. The topological polar surface area (TPSA) is 64.0 Å². The van der Waals surface area contributed by atoms with Crippen LogP contribution in [0.25, 0.3) is 21.8 Å². The highest BCUT2D eigenvalue weighted by atomic mass is 16.5. The van der Waals surface area contributed by atoms with E-state index in [-0.39, 0.29) is 11.6 Å². The maximum absolute atomic E-state index is 13.8. The average Bonchev–Trinajstić information content (AvgIpc) is 3.28. The van der Waals surface area contributed by atoms with E-state index in [9.17, 15) is 9.59 Å². The van der Waals surface area contributed by atoms with Crippen LogP contribution in [-0.4, -0.2) is 89.6 Å². The van der Waals surface area contributed by atoms with Crippen LogP contribution in [0, 0.1) is 0 Å². The fourth-order valence-corrected chi connectivity index (χ4v) is 6.18. The molecule has 0 saturated carbocycles. The van der Waals surface area contributed by atoms with Crippen LogP contribution in [0.4, 0.5) is 0 Å². The molecule has 0 radical (unpaired) electrons. The first-order valence-electron chi connectivity index (χ1n) is 14.5. The maximum Gasteiger partial charge on any atom is 0.182 e. The Balaban J connectivity index is 1.55. The Hall–Kier alpha value is -2.58. The van der Waals surface area contributed by atoms with Crippen LogP contribution in [0.1, 0.15) is 68.2 Å². The van der Waals surface area contributed by atoms with E-state index in [1.165, 1.54) is 0 Å². The van der Waals surface area contributed by atoms with Gasteiger partial charge in [-0.2, -0.15) is 0 Å². The molecule has 0 N–H and O–H groups in total. The average molecular weight is 534 g/mol. The van der Waals surface area contributed by atoms with Crippen LogP contribution < -0.4 is 0 Å². The van der Waals surface area contributed by atoms with Crippen molar-refractivity contribution in [2.24, 2.45) is 0 Å². The van der Waals surface area contributed by atoms with Crippen molar-refractivity contribution in [1.29, 1.82) is 0 Å². The van der Waals surface area contributed by atoms with Crippen molar-refractivity contribution in [1.82, 2.24) is 14.4 Å². The van der Waals surface area contributed by atoms with E-state index in [1.54, 1.807) is 0 Å². The molecule has 7 heteroatoms. The van der Waals surface area contributed by atoms with Gasteiger partial charge in [-0.15, -0.1) is 0 Å². The van der Waals surface area contributed by atoms with Crippen molar-refractivity contribution in [3.8, 4) is 0 Å². The molecule has 2 aromatic carbocycles. The number of fused-ring (bicyclic) bond motifs is 3. The number of nitrogens with zero attached hydrogens (tertiary/aromatic N) is 3. The third-order valence-electron chi connectivity index (χ3n) is 8.84. The van der Waals surface area contributed by atoms with Gasteiger partial charge < -0.3 is 14.0 Å². The quantitative estimate of drug-likeness (QED) is 0.353. The molecular weight excluding hydrogens is 490 g/mol. The van der Waals surface area contributed by atoms with Gasteiger partial charge in [0.1, 0.15) is 0 Å². The normalized spacial score (nSPS) is 18.2. The SMILES string of the molecule is CCCCn1c2ccc(C(=O)C(C)(C)N3CCOCC3)cc2c2ccc(C(=O)C(C)(C)N3CCOCC3)cc21. The molecule has 2 aliphatic heterocycles. The predicted octanol–water partition coefficient (Wildman–Crippen LogP) is 5.18. The van der Waals surface area contributed by atoms with Gasteiger partial charge in [0.2, 0.25) is 0 Å². The van der Waals surface area contributed by atoms with Crippen molar-refractivity contribution in [2.75, 3.05) is 52.6 Å². The van der Waals surface area contributed by atoms with Gasteiger partial charge in [-0.3, -0.25) is 19.4 Å². The lowest BCUT2D eigenvalue weighted by Crippen LogP contribution is -2.54. The standard InChI is InChI=1S/C32H43N3O4/c1-6-7-12-35-27-11-9-23(29(36)31(2,3)33-13-17-38-18-14-33)21-26(27)25-10-8-24(22-28(25)35)30(37)32(4,5)34-15-19-39-20-16-34/h8-11,21-22H,6-7,12-20H2,1-5H3. The number of carbonyl (C=O) groups is 2. The second-order valence-corrected chi connectivity index (χ2v) is 11.9. The number of ether oxygens (including phenoxy) is 2. The van der Waals surface area contributed by atoms with Gasteiger partial charge in [-0.1, -0.05) is 25.5 Å². The number of hydrogen-bond donors (Lipinski definition) is 0. The zero-order valence-corrected chi connectivity index (χ0v) is 24.2. The molecule has 1 aromatic heterocycles. The number of aryl methyl sites for hydroxylation is 1. The minimum Gasteiger partial charge on any atom is -0.379 e. The first-order chi connectivity index (χ1) is 18.7. The fraction of sp³-hybridized carbons (Fsp3) is 0.562. The summed E-state index contributed by atoms with van der Waals surface area (Å²) in [6.07, 6.45) is 2.12. The number of Topliss-reactive ketones (excluding diaryl/α,β-unsaturated/α-hetero) is 2. The van der Waals surface area contributed by atoms with Gasteiger partial charge in [-0.25, -0.2) is 0 Å². The van der Waals surface area contributed by atoms with Gasteiger partial charge in [0.25, 0.3) is 0 Å². The monoisotopic (exact) mass is 533 g/mol. The lowest BCUT2D eigenvalue weighted by Gasteiger charge is -2.39. The van der Waals surface area contributed by atoms with Crippen LogP contribution in [0.2, 0.25) is 0 Å². The van der Waals surface area contributed by atoms with Crippen LogP contribution in [-0.2, 0) is 16.0 Å². The molecule has 2 fully saturated rings. The Morgan fingerprint density at radius 2 is 1.23 bits per heavy atom. The molecule has 0 spiro atoms. The number of ketones is 2. The van der Waals surface area contributed by atoms with Crippen LogP contribution in [0.5, 0.6) is 0 Å². The molecular formula is C32H43N3O4. The van der Waals surface area contributed by atoms with Gasteiger partial charge in [0.15, 0.2) is 11.6 Å². The van der Waals surface area contributed by atoms with Gasteiger partial charge in [-0.05, 0) is 58.4 Å². The molecule has 0 unspecified atom stereocenters. The zero-order chi connectivity index (χ0) is 27.8. The zero-order valence-electron chi connectivity index (χ0n) is 24.2. The smallest absolute Gasteiger partial charge is 0.182 e. The lowest BCUT2D eigenvalue weighted by atomic mass is 9.89. The van der Waals surface area contributed by atoms with E-state index >= 15 is 0 Å². The largest absolute Gasteiger partial charge is 0.379 e.